The van der Waals surface area contributed by atoms with Gasteiger partial charge in [-0.25, -0.2) is 0 Å². The van der Waals surface area contributed by atoms with Crippen molar-refractivity contribution in [3.8, 4) is 5.69 Å². The Labute approximate surface area is 119 Å². The van der Waals surface area contributed by atoms with Crippen LogP contribution in [0.5, 0.6) is 0 Å². The molecule has 0 amide bonds. The fraction of sp³-hybridized carbons (Fsp3) is 0.467. The van der Waals surface area contributed by atoms with Gasteiger partial charge in [-0.05, 0) is 30.0 Å². The number of rotatable bonds is 5. The van der Waals surface area contributed by atoms with Gasteiger partial charge in [0, 0.05) is 12.1 Å². The largest absolute Gasteiger partial charge is 0.282 e. The summed E-state index contributed by atoms with van der Waals surface area (Å²) in [7, 11) is 0. The van der Waals surface area contributed by atoms with Crippen LogP contribution in [0.4, 0.5) is 0 Å². The molecule has 1 heterocycles. The van der Waals surface area contributed by atoms with Crippen molar-refractivity contribution in [1.82, 2.24) is 14.8 Å². The van der Waals surface area contributed by atoms with Crippen LogP contribution in [0.15, 0.2) is 24.3 Å². The first kappa shape index (κ1) is 14.1. The van der Waals surface area contributed by atoms with E-state index < -0.39 is 0 Å². The van der Waals surface area contributed by atoms with Gasteiger partial charge in [-0.15, -0.1) is 21.8 Å². The summed E-state index contributed by atoms with van der Waals surface area (Å²) in [6.07, 6.45) is 1.95. The number of hydrogen-bond donors (Lipinski definition) is 0. The lowest BCUT2D eigenvalue weighted by atomic mass is 10.1. The van der Waals surface area contributed by atoms with Crippen molar-refractivity contribution < 1.29 is 0 Å². The molecule has 0 aliphatic carbocycles. The summed E-state index contributed by atoms with van der Waals surface area (Å²) < 4.78 is 2.08. The molecule has 102 valence electrons. The number of benzene rings is 1. The normalized spacial score (nSPS) is 11.2. The first-order valence-corrected chi connectivity index (χ1v) is 7.27. The van der Waals surface area contributed by atoms with Gasteiger partial charge in [0.2, 0.25) is 0 Å². The number of aryl methyl sites for hydroxylation is 1. The van der Waals surface area contributed by atoms with Gasteiger partial charge in [-0.1, -0.05) is 32.9 Å². The average Bonchev–Trinajstić information content (AvgIpc) is 2.81. The molecule has 2 rings (SSSR count). The van der Waals surface area contributed by atoms with Crippen LogP contribution in [-0.2, 0) is 18.7 Å². The Morgan fingerprint density at radius 1 is 1.11 bits per heavy atom. The molecule has 0 aliphatic heterocycles. The lowest BCUT2D eigenvalue weighted by Gasteiger charge is -2.11. The molecular weight excluding hydrogens is 258 g/mol. The van der Waals surface area contributed by atoms with E-state index in [9.17, 15) is 0 Å². The number of hydrogen-bond acceptors (Lipinski definition) is 2. The van der Waals surface area contributed by atoms with E-state index in [1.165, 1.54) is 5.56 Å². The molecule has 0 aliphatic rings. The predicted octanol–water partition coefficient (Wildman–Crippen LogP) is 3.77. The number of halogens is 1. The molecule has 0 spiro atoms. The van der Waals surface area contributed by atoms with E-state index >= 15 is 0 Å². The standard InChI is InChI=1S/C15H20ClN3/c1-4-12-5-7-13(8-6-12)19-14(9-11(2)3)17-18-15(19)10-16/h5-8,11H,4,9-10H2,1-3H3. The zero-order chi connectivity index (χ0) is 13.8. The molecule has 0 bridgehead atoms. The van der Waals surface area contributed by atoms with Crippen LogP contribution in [0.1, 0.15) is 38.0 Å². The number of nitrogens with zero attached hydrogens (tertiary/aromatic N) is 3. The van der Waals surface area contributed by atoms with Gasteiger partial charge in [0.15, 0.2) is 5.82 Å². The molecule has 0 atom stereocenters. The lowest BCUT2D eigenvalue weighted by Crippen LogP contribution is -2.07. The molecule has 19 heavy (non-hydrogen) atoms. The Hall–Kier alpha value is -1.35. The minimum atomic E-state index is 0.376. The van der Waals surface area contributed by atoms with Crippen molar-refractivity contribution in [2.24, 2.45) is 5.92 Å². The summed E-state index contributed by atoms with van der Waals surface area (Å²) in [5, 5.41) is 8.46. The molecule has 0 N–H and O–H groups in total. The van der Waals surface area contributed by atoms with Gasteiger partial charge >= 0.3 is 0 Å². The molecule has 1 aromatic heterocycles. The van der Waals surface area contributed by atoms with Gasteiger partial charge < -0.3 is 0 Å². The highest BCUT2D eigenvalue weighted by molar-refractivity contribution is 6.16. The van der Waals surface area contributed by atoms with Crippen molar-refractivity contribution in [3.63, 3.8) is 0 Å². The highest BCUT2D eigenvalue weighted by Gasteiger charge is 2.14. The third-order valence-electron chi connectivity index (χ3n) is 3.11. The molecule has 0 radical (unpaired) electrons. The minimum absolute atomic E-state index is 0.376. The average molecular weight is 278 g/mol. The second-order valence-corrected chi connectivity index (χ2v) is 5.39. The Bertz CT molecular complexity index is 529. The minimum Gasteiger partial charge on any atom is -0.282 e. The Balaban J connectivity index is 2.42. The summed E-state index contributed by atoms with van der Waals surface area (Å²) in [6, 6.07) is 8.52. The maximum atomic E-state index is 5.97. The first-order chi connectivity index (χ1) is 9.15. The second-order valence-electron chi connectivity index (χ2n) is 5.12. The van der Waals surface area contributed by atoms with Gasteiger partial charge in [0.25, 0.3) is 0 Å². The fourth-order valence-corrected chi connectivity index (χ4v) is 2.29. The molecule has 0 saturated carbocycles. The van der Waals surface area contributed by atoms with Gasteiger partial charge in [0.1, 0.15) is 5.82 Å². The number of aromatic nitrogens is 3. The van der Waals surface area contributed by atoms with E-state index in [1.54, 1.807) is 0 Å². The van der Waals surface area contributed by atoms with Gasteiger partial charge in [-0.3, -0.25) is 4.57 Å². The molecule has 1 aromatic carbocycles. The first-order valence-electron chi connectivity index (χ1n) is 6.74. The van der Waals surface area contributed by atoms with Crippen LogP contribution in [0.2, 0.25) is 0 Å². The molecule has 3 nitrogen and oxygen atoms in total. The quantitative estimate of drug-likeness (QED) is 0.779. The Morgan fingerprint density at radius 2 is 1.74 bits per heavy atom. The van der Waals surface area contributed by atoms with E-state index in [2.05, 4.69) is 59.8 Å². The molecule has 4 heteroatoms. The maximum absolute atomic E-state index is 5.97. The Morgan fingerprint density at radius 3 is 2.26 bits per heavy atom. The van der Waals surface area contributed by atoms with Crippen LogP contribution in [0.25, 0.3) is 5.69 Å². The molecule has 0 unspecified atom stereocenters. The molecule has 2 aromatic rings. The van der Waals surface area contributed by atoms with Crippen LogP contribution < -0.4 is 0 Å². The van der Waals surface area contributed by atoms with Crippen LogP contribution in [0, 0.1) is 5.92 Å². The van der Waals surface area contributed by atoms with Crippen molar-refractivity contribution in [2.75, 3.05) is 0 Å². The molecular formula is C15H20ClN3. The third-order valence-corrected chi connectivity index (χ3v) is 3.35. The second kappa shape index (κ2) is 6.20. The summed E-state index contributed by atoms with van der Waals surface area (Å²) in [5.74, 6) is 2.71. The fourth-order valence-electron chi connectivity index (χ4n) is 2.12. The molecule has 0 saturated heterocycles. The zero-order valence-electron chi connectivity index (χ0n) is 11.7. The van der Waals surface area contributed by atoms with Crippen molar-refractivity contribution in [3.05, 3.63) is 41.5 Å². The van der Waals surface area contributed by atoms with Crippen molar-refractivity contribution in [2.45, 2.75) is 39.5 Å². The van der Waals surface area contributed by atoms with E-state index in [1.807, 2.05) is 0 Å². The number of alkyl halides is 1. The third kappa shape index (κ3) is 3.16. The summed E-state index contributed by atoms with van der Waals surface area (Å²) in [4.78, 5) is 0. The topological polar surface area (TPSA) is 30.7 Å². The zero-order valence-corrected chi connectivity index (χ0v) is 12.5. The highest BCUT2D eigenvalue weighted by Crippen LogP contribution is 2.18. The molecule has 0 fully saturated rings. The van der Waals surface area contributed by atoms with Crippen molar-refractivity contribution in [1.29, 1.82) is 0 Å². The van der Waals surface area contributed by atoms with Gasteiger partial charge in [-0.2, -0.15) is 0 Å². The summed E-state index contributed by atoms with van der Waals surface area (Å²) in [5.41, 5.74) is 2.42. The smallest absolute Gasteiger partial charge is 0.152 e. The predicted molar refractivity (Wildman–Crippen MR) is 78.8 cm³/mol. The van der Waals surface area contributed by atoms with E-state index in [0.717, 1.165) is 30.2 Å². The Kier molecular flexibility index (Phi) is 4.59. The van der Waals surface area contributed by atoms with Gasteiger partial charge in [0.05, 0.1) is 5.88 Å². The maximum Gasteiger partial charge on any atom is 0.152 e. The SMILES string of the molecule is CCc1ccc(-n2c(CCl)nnc2CC(C)C)cc1. The lowest BCUT2D eigenvalue weighted by molar-refractivity contribution is 0.611. The van der Waals surface area contributed by atoms with Crippen LogP contribution in [-0.4, -0.2) is 14.8 Å². The van der Waals surface area contributed by atoms with Crippen LogP contribution in [0.3, 0.4) is 0 Å². The monoisotopic (exact) mass is 277 g/mol. The van der Waals surface area contributed by atoms with Crippen molar-refractivity contribution >= 4 is 11.6 Å². The summed E-state index contributed by atoms with van der Waals surface area (Å²) >= 11 is 5.97. The van der Waals surface area contributed by atoms with E-state index in [0.29, 0.717) is 11.8 Å². The highest BCUT2D eigenvalue weighted by atomic mass is 35.5. The van der Waals surface area contributed by atoms with E-state index in [4.69, 9.17) is 11.6 Å². The summed E-state index contributed by atoms with van der Waals surface area (Å²) in [6.45, 7) is 6.52. The van der Waals surface area contributed by atoms with E-state index in [-0.39, 0.29) is 0 Å². The van der Waals surface area contributed by atoms with Crippen LogP contribution >= 0.6 is 11.6 Å².